The van der Waals surface area contributed by atoms with Crippen molar-refractivity contribution in [2.75, 3.05) is 17.2 Å². The number of hydrogen-bond acceptors (Lipinski definition) is 6. The zero-order chi connectivity index (χ0) is 12.8. The van der Waals surface area contributed by atoms with Gasteiger partial charge in [-0.2, -0.15) is 4.98 Å². The van der Waals surface area contributed by atoms with Crippen LogP contribution in [0.4, 0.5) is 11.8 Å². The van der Waals surface area contributed by atoms with E-state index in [-0.39, 0.29) is 0 Å². The lowest BCUT2D eigenvalue weighted by atomic mass is 10.3. The summed E-state index contributed by atoms with van der Waals surface area (Å²) in [5.41, 5.74) is 0.997. The Morgan fingerprint density at radius 3 is 2.94 bits per heavy atom. The Morgan fingerprint density at radius 1 is 1.33 bits per heavy atom. The van der Waals surface area contributed by atoms with Crippen LogP contribution in [0.2, 0.25) is 0 Å². The molecular formula is C12H17N5O. The van der Waals surface area contributed by atoms with E-state index in [1.807, 2.05) is 13.0 Å². The summed E-state index contributed by atoms with van der Waals surface area (Å²) in [6, 6.07) is 1.82. The maximum atomic E-state index is 5.02. The molecule has 2 heterocycles. The molecule has 0 aliphatic carbocycles. The fraction of sp³-hybridized carbons (Fsp3) is 0.417. The minimum Gasteiger partial charge on any atom is -0.362 e. The molecule has 0 amide bonds. The largest absolute Gasteiger partial charge is 0.362 e. The normalized spacial score (nSPS) is 10.3. The van der Waals surface area contributed by atoms with Crippen molar-refractivity contribution in [1.82, 2.24) is 15.1 Å². The van der Waals surface area contributed by atoms with E-state index >= 15 is 0 Å². The van der Waals surface area contributed by atoms with Crippen molar-refractivity contribution in [2.24, 2.45) is 0 Å². The van der Waals surface area contributed by atoms with Crippen LogP contribution in [0.25, 0.3) is 0 Å². The lowest BCUT2D eigenvalue weighted by Gasteiger charge is -2.09. The zero-order valence-electron chi connectivity index (χ0n) is 10.6. The maximum Gasteiger partial charge on any atom is 0.224 e. The third-order valence-corrected chi connectivity index (χ3v) is 2.43. The van der Waals surface area contributed by atoms with Gasteiger partial charge < -0.3 is 15.2 Å². The summed E-state index contributed by atoms with van der Waals surface area (Å²) in [4.78, 5) is 8.64. The van der Waals surface area contributed by atoms with Gasteiger partial charge in [-0.1, -0.05) is 12.1 Å². The molecule has 0 saturated carbocycles. The van der Waals surface area contributed by atoms with Gasteiger partial charge >= 0.3 is 0 Å². The first-order valence-corrected chi connectivity index (χ1v) is 6.00. The van der Waals surface area contributed by atoms with E-state index in [2.05, 4.69) is 32.7 Å². The van der Waals surface area contributed by atoms with E-state index in [4.69, 9.17) is 4.52 Å². The molecule has 2 rings (SSSR count). The van der Waals surface area contributed by atoms with E-state index in [1.54, 1.807) is 12.4 Å². The van der Waals surface area contributed by atoms with E-state index < -0.39 is 0 Å². The smallest absolute Gasteiger partial charge is 0.224 e. The molecule has 0 aromatic carbocycles. The van der Waals surface area contributed by atoms with Crippen LogP contribution in [0.1, 0.15) is 24.7 Å². The predicted molar refractivity (Wildman–Crippen MR) is 69.4 cm³/mol. The third-order valence-electron chi connectivity index (χ3n) is 2.43. The van der Waals surface area contributed by atoms with Crippen LogP contribution in [0, 0.1) is 6.92 Å². The van der Waals surface area contributed by atoms with Gasteiger partial charge in [-0.05, 0) is 13.3 Å². The summed E-state index contributed by atoms with van der Waals surface area (Å²) in [5.74, 6) is 2.22. The molecule has 0 fully saturated rings. The van der Waals surface area contributed by atoms with Gasteiger partial charge in [0, 0.05) is 24.4 Å². The van der Waals surface area contributed by atoms with Crippen molar-refractivity contribution in [2.45, 2.75) is 26.8 Å². The van der Waals surface area contributed by atoms with Gasteiger partial charge in [0.1, 0.15) is 5.82 Å². The molecule has 6 nitrogen and oxygen atoms in total. The molecule has 96 valence electrons. The van der Waals surface area contributed by atoms with Gasteiger partial charge in [-0.25, -0.2) is 4.98 Å². The van der Waals surface area contributed by atoms with E-state index in [9.17, 15) is 0 Å². The van der Waals surface area contributed by atoms with E-state index in [0.29, 0.717) is 12.5 Å². The number of nitrogens with one attached hydrogen (secondary N) is 2. The summed E-state index contributed by atoms with van der Waals surface area (Å²) < 4.78 is 5.02. The van der Waals surface area contributed by atoms with E-state index in [0.717, 1.165) is 30.1 Å². The fourth-order valence-electron chi connectivity index (χ4n) is 1.45. The van der Waals surface area contributed by atoms with Crippen LogP contribution in [0.15, 0.2) is 23.0 Å². The predicted octanol–water partition coefficient (Wildman–Crippen LogP) is 2.21. The standard InChI is InChI=1S/C12H17N5O/c1-3-5-13-12-15-7-9(2)11(17-12)14-8-10-4-6-16-18-10/h4,6-7H,3,5,8H2,1-2H3,(H2,13,14,15,17). The van der Waals surface area contributed by atoms with Crippen molar-refractivity contribution < 1.29 is 4.52 Å². The van der Waals surface area contributed by atoms with Gasteiger partial charge in [0.15, 0.2) is 5.76 Å². The molecule has 0 aliphatic heterocycles. The quantitative estimate of drug-likeness (QED) is 0.815. The van der Waals surface area contributed by atoms with Crippen LogP contribution in [-0.2, 0) is 6.54 Å². The lowest BCUT2D eigenvalue weighted by Crippen LogP contribution is -2.08. The third kappa shape index (κ3) is 3.19. The second-order valence-electron chi connectivity index (χ2n) is 3.98. The average Bonchev–Trinajstić information content (AvgIpc) is 2.89. The van der Waals surface area contributed by atoms with E-state index in [1.165, 1.54) is 0 Å². The van der Waals surface area contributed by atoms with Gasteiger partial charge in [-0.3, -0.25) is 0 Å². The Bertz CT molecular complexity index is 483. The van der Waals surface area contributed by atoms with Crippen LogP contribution in [0.3, 0.4) is 0 Å². The molecule has 0 atom stereocenters. The first-order chi connectivity index (χ1) is 8.79. The summed E-state index contributed by atoms with van der Waals surface area (Å²) in [6.07, 6.45) is 4.46. The van der Waals surface area contributed by atoms with Gasteiger partial charge in [0.05, 0.1) is 12.7 Å². The highest BCUT2D eigenvalue weighted by atomic mass is 16.5. The molecule has 2 aromatic heterocycles. The zero-order valence-corrected chi connectivity index (χ0v) is 10.6. The molecule has 0 unspecified atom stereocenters. The van der Waals surface area contributed by atoms with Crippen molar-refractivity contribution >= 4 is 11.8 Å². The van der Waals surface area contributed by atoms with Crippen LogP contribution >= 0.6 is 0 Å². The number of rotatable bonds is 6. The summed E-state index contributed by atoms with van der Waals surface area (Å²) in [5, 5.41) is 10.0. The van der Waals surface area contributed by atoms with Crippen molar-refractivity contribution in [3.05, 3.63) is 29.8 Å². The summed E-state index contributed by atoms with van der Waals surface area (Å²) in [6.45, 7) is 5.49. The first kappa shape index (κ1) is 12.3. The minimum atomic E-state index is 0.561. The van der Waals surface area contributed by atoms with Crippen LogP contribution in [0.5, 0.6) is 0 Å². The van der Waals surface area contributed by atoms with Crippen molar-refractivity contribution in [1.29, 1.82) is 0 Å². The molecule has 0 aliphatic rings. The van der Waals surface area contributed by atoms with Gasteiger partial charge in [0.2, 0.25) is 5.95 Å². The molecule has 0 spiro atoms. The monoisotopic (exact) mass is 247 g/mol. The van der Waals surface area contributed by atoms with Gasteiger partial charge in [0.25, 0.3) is 0 Å². The average molecular weight is 247 g/mol. The van der Waals surface area contributed by atoms with Gasteiger partial charge in [-0.15, -0.1) is 0 Å². The Morgan fingerprint density at radius 2 is 2.22 bits per heavy atom. The molecule has 0 bridgehead atoms. The molecule has 2 aromatic rings. The number of aryl methyl sites for hydroxylation is 1. The molecule has 6 heteroatoms. The SMILES string of the molecule is CCCNc1ncc(C)c(NCc2ccno2)n1. The Hall–Kier alpha value is -2.11. The highest BCUT2D eigenvalue weighted by Crippen LogP contribution is 2.13. The molecule has 18 heavy (non-hydrogen) atoms. The molecule has 0 saturated heterocycles. The number of anilines is 2. The van der Waals surface area contributed by atoms with Crippen LogP contribution in [-0.4, -0.2) is 21.7 Å². The molecule has 2 N–H and O–H groups in total. The summed E-state index contributed by atoms with van der Waals surface area (Å²) >= 11 is 0. The topological polar surface area (TPSA) is 75.9 Å². The minimum absolute atomic E-state index is 0.561. The second kappa shape index (κ2) is 6.00. The summed E-state index contributed by atoms with van der Waals surface area (Å²) in [7, 11) is 0. The van der Waals surface area contributed by atoms with Crippen molar-refractivity contribution in [3.8, 4) is 0 Å². The maximum absolute atomic E-state index is 5.02. The van der Waals surface area contributed by atoms with Crippen molar-refractivity contribution in [3.63, 3.8) is 0 Å². The molecule has 0 radical (unpaired) electrons. The lowest BCUT2D eigenvalue weighted by molar-refractivity contribution is 0.388. The first-order valence-electron chi connectivity index (χ1n) is 6.00. The molecular weight excluding hydrogens is 230 g/mol. The highest BCUT2D eigenvalue weighted by molar-refractivity contribution is 5.46. The highest BCUT2D eigenvalue weighted by Gasteiger charge is 2.04. The Labute approximate surface area is 106 Å². The fourth-order valence-corrected chi connectivity index (χ4v) is 1.45. The Balaban J connectivity index is 2.01. The number of hydrogen-bond donors (Lipinski definition) is 2. The number of aromatic nitrogens is 3. The number of nitrogens with zero attached hydrogens (tertiary/aromatic N) is 3. The van der Waals surface area contributed by atoms with Crippen LogP contribution < -0.4 is 10.6 Å². The second-order valence-corrected chi connectivity index (χ2v) is 3.98. The Kier molecular flexibility index (Phi) is 4.11.